The molecule has 0 atom stereocenters. The van der Waals surface area contributed by atoms with Crippen molar-refractivity contribution in [1.82, 2.24) is 0 Å². The van der Waals surface area contributed by atoms with Gasteiger partial charge in [-0.3, -0.25) is 0 Å². The molecule has 0 spiro atoms. The molecule has 3 N–H and O–H groups in total. The summed E-state index contributed by atoms with van der Waals surface area (Å²) in [4.78, 5) is 0. The Balaban J connectivity index is 1.62. The standard InChI is InChI=1S/C28H22O5/c29-24-14-9-19-8-7-18-3-1-5-22(15-18)33-28-21(4-2-6-25(28)30)11-10-20-12-13-23(17-26(20)31)32-27(24)16-19/h1-6,9-17,29-31H,7-8H2/b11-10-. The van der Waals surface area contributed by atoms with E-state index in [-0.39, 0.29) is 17.2 Å². The maximum absolute atomic E-state index is 10.5. The van der Waals surface area contributed by atoms with Gasteiger partial charge in [0.05, 0.1) is 0 Å². The summed E-state index contributed by atoms with van der Waals surface area (Å²) in [6, 6.07) is 23.1. The fourth-order valence-electron chi connectivity index (χ4n) is 3.79. The summed E-state index contributed by atoms with van der Waals surface area (Å²) < 4.78 is 11.9. The number of ether oxygens (including phenoxy) is 2. The number of hydrogen-bond acceptors (Lipinski definition) is 5. The Morgan fingerprint density at radius 1 is 0.545 bits per heavy atom. The van der Waals surface area contributed by atoms with E-state index in [0.717, 1.165) is 24.0 Å². The molecule has 0 aromatic heterocycles. The second kappa shape index (κ2) is 8.63. The molecule has 0 unspecified atom stereocenters. The average molecular weight is 438 g/mol. The monoisotopic (exact) mass is 438 g/mol. The fourth-order valence-corrected chi connectivity index (χ4v) is 3.79. The van der Waals surface area contributed by atoms with Gasteiger partial charge in [0.1, 0.15) is 17.2 Å². The van der Waals surface area contributed by atoms with Crippen LogP contribution in [0, 0.1) is 0 Å². The van der Waals surface area contributed by atoms with Crippen LogP contribution in [0.1, 0.15) is 22.3 Å². The van der Waals surface area contributed by atoms with Crippen LogP contribution >= 0.6 is 0 Å². The van der Waals surface area contributed by atoms with Crippen LogP contribution in [0.3, 0.4) is 0 Å². The number of rotatable bonds is 0. The molecule has 0 fully saturated rings. The summed E-state index contributed by atoms with van der Waals surface area (Å²) in [5.41, 5.74) is 3.32. The number of phenolic OH excluding ortho intramolecular Hbond substituents is 3. The van der Waals surface area contributed by atoms with Gasteiger partial charge >= 0.3 is 0 Å². The van der Waals surface area contributed by atoms with E-state index in [1.54, 1.807) is 48.6 Å². The lowest BCUT2D eigenvalue weighted by atomic mass is 10.0. The van der Waals surface area contributed by atoms with Crippen molar-refractivity contribution >= 4 is 12.2 Å². The van der Waals surface area contributed by atoms with Gasteiger partial charge in [-0.05, 0) is 66.4 Å². The van der Waals surface area contributed by atoms with Gasteiger partial charge in [-0.2, -0.15) is 0 Å². The van der Waals surface area contributed by atoms with Crippen molar-refractivity contribution < 1.29 is 24.8 Å². The van der Waals surface area contributed by atoms with Crippen LogP contribution in [-0.4, -0.2) is 15.3 Å². The largest absolute Gasteiger partial charge is 0.507 e. The zero-order chi connectivity index (χ0) is 22.8. The molecule has 5 nitrogen and oxygen atoms in total. The van der Waals surface area contributed by atoms with Crippen LogP contribution in [-0.2, 0) is 12.8 Å². The summed E-state index contributed by atoms with van der Waals surface area (Å²) in [7, 11) is 0. The summed E-state index contributed by atoms with van der Waals surface area (Å²) in [6.07, 6.45) is 4.99. The third kappa shape index (κ3) is 4.48. The van der Waals surface area contributed by atoms with Gasteiger partial charge in [0.2, 0.25) is 0 Å². The topological polar surface area (TPSA) is 79.2 Å². The third-order valence-corrected chi connectivity index (χ3v) is 5.54. The molecule has 0 saturated heterocycles. The number of para-hydroxylation sites is 1. The fraction of sp³-hybridized carbons (Fsp3) is 0.0714. The number of aryl methyl sites for hydroxylation is 2. The lowest BCUT2D eigenvalue weighted by molar-refractivity contribution is 0.407. The number of benzene rings is 4. The molecule has 0 aliphatic carbocycles. The molecule has 4 aromatic carbocycles. The third-order valence-electron chi connectivity index (χ3n) is 5.54. The first-order valence-electron chi connectivity index (χ1n) is 10.6. The predicted octanol–water partition coefficient (Wildman–Crippen LogP) is 6.66. The molecule has 6 bridgehead atoms. The Morgan fingerprint density at radius 3 is 2.15 bits per heavy atom. The zero-order valence-electron chi connectivity index (χ0n) is 17.7. The molecule has 164 valence electrons. The maximum atomic E-state index is 10.5. The molecular weight excluding hydrogens is 416 g/mol. The first kappa shape index (κ1) is 20.5. The Hall–Kier alpha value is -4.38. The zero-order valence-corrected chi connectivity index (χ0v) is 17.7. The molecule has 0 amide bonds. The van der Waals surface area contributed by atoms with Gasteiger partial charge in [-0.1, -0.05) is 42.5 Å². The van der Waals surface area contributed by atoms with Gasteiger partial charge in [-0.25, -0.2) is 0 Å². The van der Waals surface area contributed by atoms with Crippen molar-refractivity contribution in [3.8, 4) is 40.2 Å². The van der Waals surface area contributed by atoms with E-state index < -0.39 is 0 Å². The molecule has 5 heteroatoms. The number of phenols is 3. The maximum Gasteiger partial charge on any atom is 0.176 e. The average Bonchev–Trinajstić information content (AvgIpc) is 2.81. The molecule has 2 aliphatic heterocycles. The van der Waals surface area contributed by atoms with Gasteiger partial charge in [0, 0.05) is 17.2 Å². The van der Waals surface area contributed by atoms with Crippen molar-refractivity contribution in [3.63, 3.8) is 0 Å². The second-order valence-electron chi connectivity index (χ2n) is 7.90. The van der Waals surface area contributed by atoms with Crippen molar-refractivity contribution in [2.45, 2.75) is 12.8 Å². The van der Waals surface area contributed by atoms with E-state index in [2.05, 4.69) is 0 Å². The molecule has 0 radical (unpaired) electrons. The van der Waals surface area contributed by atoms with Crippen LogP contribution in [0.2, 0.25) is 0 Å². The van der Waals surface area contributed by atoms with Crippen LogP contribution in [0.25, 0.3) is 12.2 Å². The number of hydrogen-bond donors (Lipinski definition) is 3. The Kier molecular flexibility index (Phi) is 5.37. The summed E-state index contributed by atoms with van der Waals surface area (Å²) in [6.45, 7) is 0. The second-order valence-corrected chi connectivity index (χ2v) is 7.90. The highest BCUT2D eigenvalue weighted by molar-refractivity contribution is 5.76. The molecule has 4 aromatic rings. The van der Waals surface area contributed by atoms with E-state index in [1.165, 1.54) is 6.07 Å². The highest BCUT2D eigenvalue weighted by Gasteiger charge is 2.12. The van der Waals surface area contributed by atoms with E-state index in [4.69, 9.17) is 9.47 Å². The highest BCUT2D eigenvalue weighted by Crippen LogP contribution is 2.37. The number of fused-ring (bicyclic) bond motifs is 3. The highest BCUT2D eigenvalue weighted by atomic mass is 16.5. The summed E-state index contributed by atoms with van der Waals surface area (Å²) >= 11 is 0. The lowest BCUT2D eigenvalue weighted by Crippen LogP contribution is -1.95. The quantitative estimate of drug-likeness (QED) is 0.286. The first-order chi connectivity index (χ1) is 16.0. The predicted molar refractivity (Wildman–Crippen MR) is 127 cm³/mol. The van der Waals surface area contributed by atoms with Gasteiger partial charge in [0.25, 0.3) is 0 Å². The van der Waals surface area contributed by atoms with Gasteiger partial charge in [0.15, 0.2) is 23.0 Å². The Bertz CT molecular complexity index is 1360. The van der Waals surface area contributed by atoms with Crippen molar-refractivity contribution in [3.05, 3.63) is 101 Å². The molecule has 2 heterocycles. The minimum Gasteiger partial charge on any atom is -0.507 e. The molecular formula is C28H22O5. The van der Waals surface area contributed by atoms with Gasteiger partial charge < -0.3 is 24.8 Å². The Morgan fingerprint density at radius 2 is 1.30 bits per heavy atom. The smallest absolute Gasteiger partial charge is 0.176 e. The van der Waals surface area contributed by atoms with Crippen molar-refractivity contribution in [2.75, 3.05) is 0 Å². The van der Waals surface area contributed by atoms with E-state index in [1.807, 2.05) is 36.4 Å². The van der Waals surface area contributed by atoms with Crippen LogP contribution in [0.4, 0.5) is 0 Å². The molecule has 6 rings (SSSR count). The molecule has 33 heavy (non-hydrogen) atoms. The van der Waals surface area contributed by atoms with E-state index >= 15 is 0 Å². The van der Waals surface area contributed by atoms with Crippen LogP contribution in [0.15, 0.2) is 78.9 Å². The number of aromatic hydroxyl groups is 3. The van der Waals surface area contributed by atoms with Crippen molar-refractivity contribution in [1.29, 1.82) is 0 Å². The molecule has 2 aliphatic rings. The van der Waals surface area contributed by atoms with Crippen LogP contribution < -0.4 is 9.47 Å². The van der Waals surface area contributed by atoms with Gasteiger partial charge in [-0.15, -0.1) is 0 Å². The summed E-state index contributed by atoms with van der Waals surface area (Å²) in [5, 5.41) is 31.2. The van der Waals surface area contributed by atoms with Crippen molar-refractivity contribution in [2.24, 2.45) is 0 Å². The Labute approximate surface area is 191 Å². The molecule has 0 saturated carbocycles. The SMILES string of the molecule is Oc1cc2ccc1/C=C\c1cccc(O)c1Oc1cccc(c1)CCc1ccc(O)c(c1)O2. The minimum absolute atomic E-state index is 0.0239. The lowest BCUT2D eigenvalue weighted by Gasteiger charge is -2.13. The van der Waals surface area contributed by atoms with E-state index in [0.29, 0.717) is 34.1 Å². The normalized spacial score (nSPS) is 13.7. The first-order valence-corrected chi connectivity index (χ1v) is 10.6. The van der Waals surface area contributed by atoms with Crippen LogP contribution in [0.5, 0.6) is 40.2 Å². The van der Waals surface area contributed by atoms with E-state index in [9.17, 15) is 15.3 Å². The summed E-state index contributed by atoms with van der Waals surface area (Å²) in [5.74, 6) is 1.78. The minimum atomic E-state index is 0.0239.